The zero-order chi connectivity index (χ0) is 15.1. The normalized spacial score (nSPS) is 12.9. The van der Waals surface area contributed by atoms with E-state index in [9.17, 15) is 4.79 Å². The predicted molar refractivity (Wildman–Crippen MR) is 90.1 cm³/mol. The zero-order valence-electron chi connectivity index (χ0n) is 11.9. The highest BCUT2D eigenvalue weighted by Gasteiger charge is 2.28. The summed E-state index contributed by atoms with van der Waals surface area (Å²) in [5.74, 6) is 0.0368. The third-order valence-corrected chi connectivity index (χ3v) is 4.00. The number of nitrogens with two attached hydrogens (primary N) is 1. The number of anilines is 3. The Balaban J connectivity index is 1.65. The predicted octanol–water partition coefficient (Wildman–Crippen LogP) is 3.45. The number of nitrogens with zero attached hydrogens (tertiary/aromatic N) is 1. The van der Waals surface area contributed by atoms with Crippen molar-refractivity contribution in [2.75, 3.05) is 22.6 Å². The summed E-state index contributed by atoms with van der Waals surface area (Å²) in [5.41, 5.74) is 9.07. The van der Waals surface area contributed by atoms with Gasteiger partial charge in [0.15, 0.2) is 0 Å². The van der Waals surface area contributed by atoms with Gasteiger partial charge in [-0.1, -0.05) is 24.3 Å². The maximum atomic E-state index is 12.6. The fraction of sp³-hybridized carbons (Fsp3) is 0.0556. The highest BCUT2D eigenvalue weighted by Crippen LogP contribution is 2.36. The van der Waals surface area contributed by atoms with E-state index in [4.69, 9.17) is 5.73 Å². The molecule has 0 bridgehead atoms. The topological polar surface area (TPSA) is 58.4 Å². The van der Waals surface area contributed by atoms with Gasteiger partial charge in [-0.15, -0.1) is 0 Å². The fourth-order valence-electron chi connectivity index (χ4n) is 2.91. The monoisotopic (exact) mass is 289 g/mol. The summed E-state index contributed by atoms with van der Waals surface area (Å²) in [4.78, 5) is 14.4. The van der Waals surface area contributed by atoms with Crippen LogP contribution in [0.15, 0.2) is 60.7 Å². The van der Waals surface area contributed by atoms with E-state index in [1.54, 1.807) is 4.90 Å². The zero-order valence-corrected chi connectivity index (χ0v) is 11.9. The van der Waals surface area contributed by atoms with Crippen molar-refractivity contribution in [2.45, 2.75) is 0 Å². The molecule has 4 rings (SSSR count). The van der Waals surface area contributed by atoms with E-state index in [0.29, 0.717) is 6.67 Å². The Labute approximate surface area is 128 Å². The quantitative estimate of drug-likeness (QED) is 0.726. The van der Waals surface area contributed by atoms with Gasteiger partial charge < -0.3 is 11.1 Å². The molecule has 1 heterocycles. The number of hydrogen-bond acceptors (Lipinski definition) is 3. The molecule has 1 aliphatic rings. The second kappa shape index (κ2) is 4.77. The van der Waals surface area contributed by atoms with Crippen molar-refractivity contribution in [3.05, 3.63) is 66.2 Å². The molecule has 0 aromatic heterocycles. The largest absolute Gasteiger partial charge is 0.399 e. The lowest BCUT2D eigenvalue weighted by Gasteiger charge is -2.19. The Morgan fingerprint density at radius 1 is 0.955 bits per heavy atom. The van der Waals surface area contributed by atoms with Gasteiger partial charge in [-0.3, -0.25) is 9.69 Å². The van der Waals surface area contributed by atoms with Gasteiger partial charge >= 0.3 is 0 Å². The molecule has 0 unspecified atom stereocenters. The second-order valence-electron chi connectivity index (χ2n) is 5.37. The number of nitrogen functional groups attached to an aromatic ring is 1. The molecule has 4 nitrogen and oxygen atoms in total. The Hall–Kier alpha value is -3.01. The van der Waals surface area contributed by atoms with E-state index >= 15 is 0 Å². The summed E-state index contributed by atoms with van der Waals surface area (Å²) in [5, 5.41) is 5.40. The van der Waals surface area contributed by atoms with Crippen molar-refractivity contribution in [3.8, 4) is 0 Å². The summed E-state index contributed by atoms with van der Waals surface area (Å²) < 4.78 is 0. The molecule has 1 amide bonds. The van der Waals surface area contributed by atoms with Gasteiger partial charge in [-0.2, -0.15) is 0 Å². The molecule has 0 spiro atoms. The van der Waals surface area contributed by atoms with Gasteiger partial charge in [0.2, 0.25) is 0 Å². The second-order valence-corrected chi connectivity index (χ2v) is 5.37. The van der Waals surface area contributed by atoms with E-state index in [1.807, 2.05) is 60.7 Å². The number of amides is 1. The molecule has 1 aliphatic heterocycles. The number of benzene rings is 3. The Kier molecular flexibility index (Phi) is 2.76. The molecule has 0 aliphatic carbocycles. The first kappa shape index (κ1) is 12.7. The van der Waals surface area contributed by atoms with Crippen LogP contribution in [-0.4, -0.2) is 12.6 Å². The highest BCUT2D eigenvalue weighted by molar-refractivity contribution is 6.25. The van der Waals surface area contributed by atoms with Crippen molar-refractivity contribution in [3.63, 3.8) is 0 Å². The first-order valence-corrected chi connectivity index (χ1v) is 7.17. The smallest absolute Gasteiger partial charge is 0.260 e. The minimum atomic E-state index is 0.0368. The van der Waals surface area contributed by atoms with E-state index < -0.39 is 0 Å². The van der Waals surface area contributed by atoms with Crippen molar-refractivity contribution in [2.24, 2.45) is 0 Å². The standard InChI is InChI=1S/C18H15N3O/c19-13-7-9-14(10-8-13)20-11-21-16-6-2-4-12-3-1-5-15(17(12)16)18(21)22/h1-10,20H,11,19H2. The van der Waals surface area contributed by atoms with E-state index in [2.05, 4.69) is 5.32 Å². The summed E-state index contributed by atoms with van der Waals surface area (Å²) in [7, 11) is 0. The molecule has 108 valence electrons. The molecular weight excluding hydrogens is 274 g/mol. The van der Waals surface area contributed by atoms with Crippen LogP contribution in [-0.2, 0) is 0 Å². The van der Waals surface area contributed by atoms with Gasteiger partial charge in [-0.25, -0.2) is 0 Å². The van der Waals surface area contributed by atoms with E-state index in [1.165, 1.54) is 0 Å². The molecule has 22 heavy (non-hydrogen) atoms. The van der Waals surface area contributed by atoms with E-state index in [-0.39, 0.29) is 5.91 Å². The molecule has 3 aromatic rings. The van der Waals surface area contributed by atoms with E-state index in [0.717, 1.165) is 33.4 Å². The van der Waals surface area contributed by atoms with Crippen LogP contribution in [0.25, 0.3) is 10.8 Å². The van der Waals surface area contributed by atoms with Crippen molar-refractivity contribution in [1.29, 1.82) is 0 Å². The molecular formula is C18H15N3O. The molecule has 0 saturated heterocycles. The Morgan fingerprint density at radius 3 is 2.45 bits per heavy atom. The molecule has 4 heteroatoms. The van der Waals surface area contributed by atoms with Gasteiger partial charge in [0, 0.05) is 22.3 Å². The van der Waals surface area contributed by atoms with Crippen LogP contribution >= 0.6 is 0 Å². The summed E-state index contributed by atoms with van der Waals surface area (Å²) in [6.45, 7) is 0.427. The number of carbonyl (C=O) groups excluding carboxylic acids is 1. The van der Waals surface area contributed by atoms with Crippen LogP contribution < -0.4 is 16.0 Å². The van der Waals surface area contributed by atoms with Crippen LogP contribution in [0.2, 0.25) is 0 Å². The molecule has 0 atom stereocenters. The third kappa shape index (κ3) is 1.89. The summed E-state index contributed by atoms with van der Waals surface area (Å²) in [6, 6.07) is 19.3. The van der Waals surface area contributed by atoms with Crippen molar-refractivity contribution >= 4 is 33.7 Å². The molecule has 0 radical (unpaired) electrons. The van der Waals surface area contributed by atoms with Crippen LogP contribution in [0.1, 0.15) is 10.4 Å². The summed E-state index contributed by atoms with van der Waals surface area (Å²) >= 11 is 0. The maximum absolute atomic E-state index is 12.6. The van der Waals surface area contributed by atoms with Crippen molar-refractivity contribution in [1.82, 2.24) is 0 Å². The van der Waals surface area contributed by atoms with Gasteiger partial charge in [0.25, 0.3) is 5.91 Å². The average Bonchev–Trinajstić information content (AvgIpc) is 2.82. The Morgan fingerprint density at radius 2 is 1.68 bits per heavy atom. The Bertz CT molecular complexity index is 866. The maximum Gasteiger partial charge on any atom is 0.260 e. The minimum absolute atomic E-state index is 0.0368. The third-order valence-electron chi connectivity index (χ3n) is 4.00. The lowest BCUT2D eigenvalue weighted by molar-refractivity contribution is 0.0995. The molecule has 0 saturated carbocycles. The number of hydrogen-bond donors (Lipinski definition) is 2. The molecule has 0 fully saturated rings. The van der Waals surface area contributed by atoms with Crippen molar-refractivity contribution < 1.29 is 4.79 Å². The first-order chi connectivity index (χ1) is 10.7. The fourth-order valence-corrected chi connectivity index (χ4v) is 2.91. The number of carbonyl (C=O) groups is 1. The lowest BCUT2D eigenvalue weighted by Crippen LogP contribution is -2.32. The number of nitrogens with one attached hydrogen (secondary N) is 1. The lowest BCUT2D eigenvalue weighted by atomic mass is 10.1. The first-order valence-electron chi connectivity index (χ1n) is 7.17. The summed E-state index contributed by atoms with van der Waals surface area (Å²) in [6.07, 6.45) is 0. The van der Waals surface area contributed by atoms with Crippen LogP contribution in [0, 0.1) is 0 Å². The minimum Gasteiger partial charge on any atom is -0.399 e. The molecule has 3 N–H and O–H groups in total. The molecule has 3 aromatic carbocycles. The van der Waals surface area contributed by atoms with Crippen LogP contribution in [0.4, 0.5) is 17.1 Å². The number of rotatable bonds is 3. The van der Waals surface area contributed by atoms with Gasteiger partial charge in [-0.05, 0) is 41.8 Å². The van der Waals surface area contributed by atoms with Crippen LogP contribution in [0.3, 0.4) is 0 Å². The average molecular weight is 289 g/mol. The SMILES string of the molecule is Nc1ccc(NCN2C(=O)c3cccc4cccc2c34)cc1. The highest BCUT2D eigenvalue weighted by atomic mass is 16.2. The van der Waals surface area contributed by atoms with Gasteiger partial charge in [0.1, 0.15) is 0 Å². The van der Waals surface area contributed by atoms with Crippen LogP contribution in [0.5, 0.6) is 0 Å². The van der Waals surface area contributed by atoms with Gasteiger partial charge in [0.05, 0.1) is 12.4 Å².